The predicted octanol–water partition coefficient (Wildman–Crippen LogP) is 5.23. The average Bonchev–Trinajstić information content (AvgIpc) is 3.42. The lowest BCUT2D eigenvalue weighted by atomic mass is 10.0. The number of hydrogen-bond acceptors (Lipinski definition) is 7. The zero-order valence-electron chi connectivity index (χ0n) is 21.7. The molecule has 0 radical (unpaired) electrons. The van der Waals surface area contributed by atoms with Crippen molar-refractivity contribution in [2.75, 3.05) is 23.3 Å². The molecule has 1 saturated heterocycles. The molecule has 1 amide bonds. The summed E-state index contributed by atoms with van der Waals surface area (Å²) in [7, 11) is 0. The third-order valence-corrected chi connectivity index (χ3v) is 5.73. The summed E-state index contributed by atoms with van der Waals surface area (Å²) in [6.07, 6.45) is 9.18. The van der Waals surface area contributed by atoms with Crippen molar-refractivity contribution in [1.82, 2.24) is 20.2 Å². The number of anilines is 2. The molecule has 1 aromatic carbocycles. The van der Waals surface area contributed by atoms with Gasteiger partial charge in [-0.15, -0.1) is 0 Å². The van der Waals surface area contributed by atoms with Crippen molar-refractivity contribution >= 4 is 41.8 Å². The lowest BCUT2D eigenvalue weighted by Crippen LogP contribution is -2.29. The van der Waals surface area contributed by atoms with E-state index in [2.05, 4.69) is 36.4 Å². The predicted molar refractivity (Wildman–Crippen MR) is 148 cm³/mol. The number of aromatic nitrogens is 4. The molecule has 37 heavy (non-hydrogen) atoms. The largest absolute Gasteiger partial charge is 0.370 e. The van der Waals surface area contributed by atoms with Gasteiger partial charge in [0.25, 0.3) is 5.91 Å². The van der Waals surface area contributed by atoms with Crippen LogP contribution < -0.4 is 10.2 Å². The van der Waals surface area contributed by atoms with Gasteiger partial charge in [-0.25, -0.2) is 0 Å². The van der Waals surface area contributed by atoms with Crippen LogP contribution in [0.15, 0.2) is 55.0 Å². The third kappa shape index (κ3) is 7.30. The minimum Gasteiger partial charge on any atom is -0.370 e. The number of carbonyl (C=O) groups is 3. The molecule has 9 nitrogen and oxygen atoms in total. The van der Waals surface area contributed by atoms with E-state index < -0.39 is 0 Å². The number of amides is 1. The normalized spacial score (nSPS) is 12.1. The molecule has 0 bridgehead atoms. The van der Waals surface area contributed by atoms with E-state index in [1.54, 1.807) is 6.20 Å². The second-order valence-corrected chi connectivity index (χ2v) is 7.95. The Hall–Kier alpha value is -4.40. The number of carbonyl (C=O) groups excluding carboxylic acids is 3. The molecular formula is C28H34N6O3. The zero-order valence-corrected chi connectivity index (χ0v) is 21.7. The molecule has 194 valence electrons. The highest BCUT2D eigenvalue weighted by molar-refractivity contribution is 6.11. The molecule has 1 aliphatic heterocycles. The Labute approximate surface area is 217 Å². The Kier molecular flexibility index (Phi) is 11.6. The lowest BCUT2D eigenvalue weighted by molar-refractivity contribution is -0.0987. The summed E-state index contributed by atoms with van der Waals surface area (Å²) in [6.45, 7) is 12.1. The van der Waals surface area contributed by atoms with Crippen LogP contribution in [0.3, 0.4) is 0 Å². The van der Waals surface area contributed by atoms with Crippen LogP contribution in [0, 0.1) is 6.92 Å². The first-order valence-electron chi connectivity index (χ1n) is 12.2. The van der Waals surface area contributed by atoms with E-state index in [9.17, 15) is 4.79 Å². The summed E-state index contributed by atoms with van der Waals surface area (Å²) < 4.78 is 0. The molecule has 9 heteroatoms. The first-order valence-corrected chi connectivity index (χ1v) is 12.2. The number of benzene rings is 1. The molecular weight excluding hydrogens is 468 g/mol. The Morgan fingerprint density at radius 1 is 0.919 bits per heavy atom. The monoisotopic (exact) mass is 502 g/mol. The second kappa shape index (κ2) is 14.9. The lowest BCUT2D eigenvalue weighted by Gasteiger charge is -2.28. The Balaban J connectivity index is 0.000000750. The molecule has 4 heterocycles. The molecule has 2 N–H and O–H groups in total. The number of nitrogens with one attached hydrogen (secondary N) is 2. The van der Waals surface area contributed by atoms with Crippen LogP contribution >= 0.6 is 0 Å². The van der Waals surface area contributed by atoms with E-state index in [0.717, 1.165) is 46.5 Å². The summed E-state index contributed by atoms with van der Waals surface area (Å²) in [5.41, 5.74) is 5.89. The molecule has 4 aromatic rings. The SMILES string of the molecule is C=O.C=O.CC.Cc1ccc(NC(=O)c2n[nH]c3ccc(-c4cncc(N5CCCCC5)c4)cc23)cn1. The molecule has 1 fully saturated rings. The highest BCUT2D eigenvalue weighted by Gasteiger charge is 2.16. The summed E-state index contributed by atoms with van der Waals surface area (Å²) in [4.78, 5) is 39.9. The van der Waals surface area contributed by atoms with Crippen LogP contribution in [0.5, 0.6) is 0 Å². The molecule has 0 spiro atoms. The van der Waals surface area contributed by atoms with Crippen LogP contribution in [0.2, 0.25) is 0 Å². The summed E-state index contributed by atoms with van der Waals surface area (Å²) in [5.74, 6) is -0.269. The van der Waals surface area contributed by atoms with Crippen molar-refractivity contribution in [3.8, 4) is 11.1 Å². The van der Waals surface area contributed by atoms with E-state index in [-0.39, 0.29) is 5.91 Å². The van der Waals surface area contributed by atoms with Crippen molar-refractivity contribution < 1.29 is 14.4 Å². The van der Waals surface area contributed by atoms with E-state index in [1.807, 2.05) is 77.1 Å². The average molecular weight is 503 g/mol. The maximum Gasteiger partial charge on any atom is 0.276 e. The number of aromatic amines is 1. The number of pyridine rings is 2. The molecule has 0 saturated carbocycles. The van der Waals surface area contributed by atoms with Gasteiger partial charge in [-0.1, -0.05) is 19.9 Å². The highest BCUT2D eigenvalue weighted by Crippen LogP contribution is 2.29. The Morgan fingerprint density at radius 3 is 2.32 bits per heavy atom. The summed E-state index contributed by atoms with van der Waals surface area (Å²) >= 11 is 0. The van der Waals surface area contributed by atoms with Crippen molar-refractivity contribution in [2.24, 2.45) is 0 Å². The highest BCUT2D eigenvalue weighted by atomic mass is 16.2. The molecule has 0 aliphatic carbocycles. The van der Waals surface area contributed by atoms with Crippen LogP contribution in [-0.4, -0.2) is 52.7 Å². The van der Waals surface area contributed by atoms with Crippen LogP contribution in [0.25, 0.3) is 22.0 Å². The topological polar surface area (TPSA) is 121 Å². The number of rotatable bonds is 4. The fourth-order valence-corrected chi connectivity index (χ4v) is 4.01. The smallest absolute Gasteiger partial charge is 0.276 e. The van der Waals surface area contributed by atoms with Gasteiger partial charge < -0.3 is 19.8 Å². The van der Waals surface area contributed by atoms with E-state index in [0.29, 0.717) is 11.4 Å². The Morgan fingerprint density at radius 2 is 1.65 bits per heavy atom. The zero-order chi connectivity index (χ0) is 27.2. The number of H-pyrrole nitrogens is 1. The van der Waals surface area contributed by atoms with E-state index in [4.69, 9.17) is 9.59 Å². The quantitative estimate of drug-likeness (QED) is 0.392. The first-order chi connectivity index (χ1) is 18.2. The number of hydrogen-bond donors (Lipinski definition) is 2. The number of aryl methyl sites for hydroxylation is 1. The van der Waals surface area contributed by atoms with Crippen LogP contribution in [0.4, 0.5) is 11.4 Å². The fourth-order valence-electron chi connectivity index (χ4n) is 4.01. The van der Waals surface area contributed by atoms with Gasteiger partial charge in [-0.2, -0.15) is 5.10 Å². The van der Waals surface area contributed by atoms with Gasteiger partial charge in [0, 0.05) is 35.9 Å². The molecule has 5 rings (SSSR count). The first kappa shape index (κ1) is 28.8. The van der Waals surface area contributed by atoms with Gasteiger partial charge in [0.05, 0.1) is 29.3 Å². The Bertz CT molecular complexity index is 1260. The maximum atomic E-state index is 12.8. The second-order valence-electron chi connectivity index (χ2n) is 7.95. The van der Waals surface area contributed by atoms with Gasteiger partial charge in [-0.05, 0) is 62.1 Å². The fraction of sp³-hybridized carbons (Fsp3) is 0.286. The van der Waals surface area contributed by atoms with Gasteiger partial charge in [0.15, 0.2) is 5.69 Å². The molecule has 1 aliphatic rings. The summed E-state index contributed by atoms with van der Waals surface area (Å²) in [5, 5.41) is 10.9. The number of nitrogens with zero attached hydrogens (tertiary/aromatic N) is 4. The molecule has 3 aromatic heterocycles. The van der Waals surface area contributed by atoms with Gasteiger partial charge in [0.1, 0.15) is 13.6 Å². The van der Waals surface area contributed by atoms with E-state index in [1.165, 1.54) is 19.3 Å². The van der Waals surface area contributed by atoms with Gasteiger partial charge in [-0.3, -0.25) is 19.9 Å². The van der Waals surface area contributed by atoms with Gasteiger partial charge >= 0.3 is 0 Å². The minimum atomic E-state index is -0.269. The van der Waals surface area contributed by atoms with Gasteiger partial charge in [0.2, 0.25) is 0 Å². The molecule has 0 unspecified atom stereocenters. The summed E-state index contributed by atoms with van der Waals surface area (Å²) in [6, 6.07) is 11.9. The molecule has 0 atom stereocenters. The van der Waals surface area contributed by atoms with Crippen molar-refractivity contribution in [3.63, 3.8) is 0 Å². The van der Waals surface area contributed by atoms with Crippen molar-refractivity contribution in [1.29, 1.82) is 0 Å². The third-order valence-electron chi connectivity index (χ3n) is 5.73. The number of piperidine rings is 1. The maximum absolute atomic E-state index is 12.8. The van der Waals surface area contributed by atoms with Crippen LogP contribution in [0.1, 0.15) is 49.3 Å². The van der Waals surface area contributed by atoms with E-state index >= 15 is 0 Å². The standard InChI is InChI=1S/C24H24N6O.C2H6.2CH2O/c1-16-5-7-19(14-26-16)27-24(31)23-21-12-17(6-8-22(21)28-29-23)18-11-20(15-25-13-18)30-9-3-2-4-10-30;3*1-2/h5-8,11-15H,2-4,9-10H2,1H3,(H,27,31)(H,28,29);1-2H3;2*1H2. The minimum absolute atomic E-state index is 0.269. The van der Waals surface area contributed by atoms with Crippen molar-refractivity contribution in [3.05, 3.63) is 66.4 Å². The van der Waals surface area contributed by atoms with Crippen LogP contribution in [-0.2, 0) is 9.59 Å². The van der Waals surface area contributed by atoms with Crippen molar-refractivity contribution in [2.45, 2.75) is 40.0 Å². The number of fused-ring (bicyclic) bond motifs is 1.